The molecule has 0 unspecified atom stereocenters. The fourth-order valence-electron chi connectivity index (χ4n) is 5.16. The summed E-state index contributed by atoms with van der Waals surface area (Å²) in [5.41, 5.74) is 5.15. The van der Waals surface area contributed by atoms with E-state index in [0.717, 1.165) is 72.3 Å². The Bertz CT molecular complexity index is 1190. The highest BCUT2D eigenvalue weighted by molar-refractivity contribution is 6.07. The van der Waals surface area contributed by atoms with Gasteiger partial charge in [-0.05, 0) is 87.2 Å². The van der Waals surface area contributed by atoms with Gasteiger partial charge in [0.25, 0.3) is 5.91 Å². The van der Waals surface area contributed by atoms with Crippen molar-refractivity contribution in [2.75, 3.05) is 26.2 Å². The first kappa shape index (κ1) is 20.7. The van der Waals surface area contributed by atoms with E-state index in [0.29, 0.717) is 11.6 Å². The minimum absolute atomic E-state index is 0.124. The minimum Gasteiger partial charge on any atom is -0.334 e. The van der Waals surface area contributed by atoms with Crippen LogP contribution in [0, 0.1) is 18.3 Å². The molecule has 2 aromatic carbocycles. The number of hydrogen-bond donors (Lipinski definition) is 0. The molecule has 162 valence electrons. The van der Waals surface area contributed by atoms with Crippen LogP contribution in [0.25, 0.3) is 22.0 Å². The predicted octanol–water partition coefficient (Wildman–Crippen LogP) is 4.78. The summed E-state index contributed by atoms with van der Waals surface area (Å²) in [6, 6.07) is 18.1. The Balaban J connectivity index is 1.50. The van der Waals surface area contributed by atoms with Crippen molar-refractivity contribution in [1.82, 2.24) is 14.8 Å². The number of hydrogen-bond acceptors (Lipinski definition) is 4. The normalized spacial score (nSPS) is 18.9. The lowest BCUT2D eigenvalue weighted by molar-refractivity contribution is 0.0710. The fourth-order valence-corrected chi connectivity index (χ4v) is 5.16. The SMILES string of the molecule is Cc1cc(C(=O)N2CCC[C@H]2CN2CCCC2)c2cc(-c3ccc(C#N)cc3)ccc2n1. The highest BCUT2D eigenvalue weighted by Gasteiger charge is 2.32. The molecule has 5 rings (SSSR count). The van der Waals surface area contributed by atoms with Gasteiger partial charge in [0, 0.05) is 30.2 Å². The van der Waals surface area contributed by atoms with Crippen LogP contribution in [0.1, 0.15) is 47.3 Å². The summed E-state index contributed by atoms with van der Waals surface area (Å²) in [6.45, 7) is 6.09. The van der Waals surface area contributed by atoms with Gasteiger partial charge in [0.2, 0.25) is 0 Å². The number of nitrogens with zero attached hydrogens (tertiary/aromatic N) is 4. The van der Waals surface area contributed by atoms with Gasteiger partial charge in [-0.2, -0.15) is 5.26 Å². The molecule has 0 bridgehead atoms. The maximum absolute atomic E-state index is 13.8. The van der Waals surface area contributed by atoms with Crippen LogP contribution in [0.5, 0.6) is 0 Å². The lowest BCUT2D eigenvalue weighted by Crippen LogP contribution is -2.42. The standard InChI is InChI=1S/C27H28N4O/c1-19-15-25(27(32)31-14-4-5-23(31)18-30-12-2-3-13-30)24-16-22(10-11-26(24)29-19)21-8-6-20(17-28)7-9-21/h6-11,15-16,23H,2-5,12-14,18H2,1H3/t23-/m0/s1. The summed E-state index contributed by atoms with van der Waals surface area (Å²) < 4.78 is 0. The summed E-state index contributed by atoms with van der Waals surface area (Å²) in [5.74, 6) is 0.124. The van der Waals surface area contributed by atoms with Crippen molar-refractivity contribution < 1.29 is 4.79 Å². The van der Waals surface area contributed by atoms with Gasteiger partial charge in [0.15, 0.2) is 0 Å². The molecule has 2 saturated heterocycles. The Morgan fingerprint density at radius 1 is 1.03 bits per heavy atom. The molecule has 2 aliphatic rings. The molecule has 5 heteroatoms. The number of nitriles is 1. The first-order valence-electron chi connectivity index (χ1n) is 11.6. The van der Waals surface area contributed by atoms with Crippen LogP contribution in [0.4, 0.5) is 0 Å². The zero-order chi connectivity index (χ0) is 22.1. The lowest BCUT2D eigenvalue weighted by Gasteiger charge is -2.29. The zero-order valence-electron chi connectivity index (χ0n) is 18.6. The van der Waals surface area contributed by atoms with Crippen molar-refractivity contribution in [2.24, 2.45) is 0 Å². The maximum Gasteiger partial charge on any atom is 0.254 e. The van der Waals surface area contributed by atoms with Crippen molar-refractivity contribution in [3.05, 3.63) is 65.4 Å². The minimum atomic E-state index is 0.124. The molecule has 2 fully saturated rings. The van der Waals surface area contributed by atoms with E-state index in [-0.39, 0.29) is 5.91 Å². The highest BCUT2D eigenvalue weighted by Crippen LogP contribution is 2.29. The van der Waals surface area contributed by atoms with E-state index >= 15 is 0 Å². The Hall–Kier alpha value is -3.23. The Morgan fingerprint density at radius 2 is 1.78 bits per heavy atom. The second kappa shape index (κ2) is 8.72. The third kappa shape index (κ3) is 3.99. The topological polar surface area (TPSA) is 60.2 Å². The second-order valence-electron chi connectivity index (χ2n) is 9.03. The van der Waals surface area contributed by atoms with E-state index in [9.17, 15) is 4.79 Å². The predicted molar refractivity (Wildman–Crippen MR) is 126 cm³/mol. The van der Waals surface area contributed by atoms with Crippen LogP contribution in [0.15, 0.2) is 48.5 Å². The summed E-state index contributed by atoms with van der Waals surface area (Å²) >= 11 is 0. The molecule has 3 heterocycles. The van der Waals surface area contributed by atoms with E-state index in [1.54, 1.807) is 0 Å². The van der Waals surface area contributed by atoms with Gasteiger partial charge >= 0.3 is 0 Å². The fraction of sp³-hybridized carbons (Fsp3) is 0.370. The molecule has 0 spiro atoms. The Morgan fingerprint density at radius 3 is 2.53 bits per heavy atom. The van der Waals surface area contributed by atoms with Gasteiger partial charge in [0.1, 0.15) is 0 Å². The van der Waals surface area contributed by atoms with E-state index < -0.39 is 0 Å². The molecular formula is C27H28N4O. The van der Waals surface area contributed by atoms with Gasteiger partial charge in [-0.3, -0.25) is 9.78 Å². The van der Waals surface area contributed by atoms with Gasteiger partial charge < -0.3 is 9.80 Å². The first-order valence-corrected chi connectivity index (χ1v) is 11.6. The average molecular weight is 425 g/mol. The third-order valence-electron chi connectivity index (χ3n) is 6.82. The van der Waals surface area contributed by atoms with Gasteiger partial charge in [0.05, 0.1) is 22.7 Å². The number of fused-ring (bicyclic) bond motifs is 1. The Kier molecular flexibility index (Phi) is 5.63. The second-order valence-corrected chi connectivity index (χ2v) is 9.03. The molecule has 32 heavy (non-hydrogen) atoms. The van der Waals surface area contributed by atoms with Crippen molar-refractivity contribution in [2.45, 2.75) is 38.6 Å². The quantitative estimate of drug-likeness (QED) is 0.605. The Labute approximate surface area is 189 Å². The van der Waals surface area contributed by atoms with Crippen LogP contribution in [0.2, 0.25) is 0 Å². The lowest BCUT2D eigenvalue weighted by atomic mass is 9.99. The molecule has 0 saturated carbocycles. The van der Waals surface area contributed by atoms with E-state index in [4.69, 9.17) is 5.26 Å². The number of benzene rings is 2. The number of pyridine rings is 1. The number of aromatic nitrogens is 1. The molecule has 1 aromatic heterocycles. The molecule has 3 aromatic rings. The third-order valence-corrected chi connectivity index (χ3v) is 6.82. The molecule has 0 radical (unpaired) electrons. The van der Waals surface area contributed by atoms with Crippen molar-refractivity contribution in [3.8, 4) is 17.2 Å². The van der Waals surface area contributed by atoms with Crippen LogP contribution < -0.4 is 0 Å². The number of likely N-dealkylation sites (tertiary alicyclic amines) is 2. The van der Waals surface area contributed by atoms with E-state index in [1.165, 1.54) is 12.8 Å². The van der Waals surface area contributed by atoms with Crippen molar-refractivity contribution in [3.63, 3.8) is 0 Å². The summed E-state index contributed by atoms with van der Waals surface area (Å²) in [4.78, 5) is 23.1. The molecule has 2 aliphatic heterocycles. The average Bonchev–Trinajstić information content (AvgIpc) is 3.50. The summed E-state index contributed by atoms with van der Waals surface area (Å²) in [7, 11) is 0. The van der Waals surface area contributed by atoms with Crippen LogP contribution in [-0.4, -0.2) is 52.9 Å². The zero-order valence-corrected chi connectivity index (χ0v) is 18.6. The maximum atomic E-state index is 13.8. The number of aryl methyl sites for hydroxylation is 1. The molecule has 0 N–H and O–H groups in total. The molecule has 1 atom stereocenters. The summed E-state index contributed by atoms with van der Waals surface area (Å²) in [5, 5.41) is 9.97. The van der Waals surface area contributed by atoms with Gasteiger partial charge in [-0.1, -0.05) is 18.2 Å². The van der Waals surface area contributed by atoms with Crippen LogP contribution >= 0.6 is 0 Å². The van der Waals surface area contributed by atoms with Gasteiger partial charge in [-0.25, -0.2) is 0 Å². The monoisotopic (exact) mass is 424 g/mol. The van der Waals surface area contributed by atoms with Crippen LogP contribution in [0.3, 0.4) is 0 Å². The number of amides is 1. The largest absolute Gasteiger partial charge is 0.334 e. The van der Waals surface area contributed by atoms with Gasteiger partial charge in [-0.15, -0.1) is 0 Å². The highest BCUT2D eigenvalue weighted by atomic mass is 16.2. The number of rotatable bonds is 4. The first-order chi connectivity index (χ1) is 15.6. The smallest absolute Gasteiger partial charge is 0.254 e. The molecule has 5 nitrogen and oxygen atoms in total. The molecular weight excluding hydrogens is 396 g/mol. The molecule has 1 amide bonds. The summed E-state index contributed by atoms with van der Waals surface area (Å²) in [6.07, 6.45) is 4.70. The number of carbonyl (C=O) groups excluding carboxylic acids is 1. The van der Waals surface area contributed by atoms with E-state index in [2.05, 4.69) is 26.9 Å². The van der Waals surface area contributed by atoms with E-state index in [1.807, 2.05) is 49.4 Å². The van der Waals surface area contributed by atoms with Crippen molar-refractivity contribution >= 4 is 16.8 Å². The van der Waals surface area contributed by atoms with Crippen LogP contribution in [-0.2, 0) is 0 Å². The molecule has 0 aliphatic carbocycles. The number of carbonyl (C=O) groups is 1. The van der Waals surface area contributed by atoms with Crippen molar-refractivity contribution in [1.29, 1.82) is 5.26 Å².